The molecule has 17 aromatic carbocycles. The van der Waals surface area contributed by atoms with Gasteiger partial charge in [0.2, 0.25) is 0 Å². The third-order valence-electron chi connectivity index (χ3n) is 24.3. The second-order valence-corrected chi connectivity index (χ2v) is 31.8. The molecular formula is C106H72B2N4O2. The summed E-state index contributed by atoms with van der Waals surface area (Å²) in [6, 6.07) is 142. The lowest BCUT2D eigenvalue weighted by Crippen LogP contribution is -2.63. The first-order chi connectivity index (χ1) is 56.2. The van der Waals surface area contributed by atoms with E-state index in [1.807, 2.05) is 0 Å². The van der Waals surface area contributed by atoms with E-state index in [1.54, 1.807) is 0 Å². The third kappa shape index (κ3) is 10.3. The van der Waals surface area contributed by atoms with Crippen molar-refractivity contribution in [3.8, 4) is 101 Å². The van der Waals surface area contributed by atoms with Gasteiger partial charge in [-0.1, -0.05) is 276 Å². The molecule has 0 bridgehead atoms. The van der Waals surface area contributed by atoms with Gasteiger partial charge in [0.05, 0.1) is 27.8 Å². The summed E-state index contributed by atoms with van der Waals surface area (Å²) in [5, 5.41) is 4.74. The highest BCUT2D eigenvalue weighted by Gasteiger charge is 2.49. The van der Waals surface area contributed by atoms with Crippen LogP contribution in [-0.4, -0.2) is 22.6 Å². The first kappa shape index (κ1) is 65.5. The van der Waals surface area contributed by atoms with Crippen molar-refractivity contribution in [1.82, 2.24) is 9.13 Å². The number of anilines is 6. The minimum Gasteiger partial charge on any atom is -0.458 e. The Morgan fingerprint density at radius 1 is 0.237 bits per heavy atom. The molecule has 0 N–H and O–H groups in total. The molecule has 23 rings (SSSR count). The fraction of sp³-hybridized carbons (Fsp3) is 0.0377. The standard InChI is InChI=1S/C106H72B2N4O2/c1-106(2,3)77-63-83(69-33-15-6-16-34-69)105(84(64-77)70-35-17-7-18-36-70)112-96-66-95-89(65-90(96)108-88-52-48-74(68-31-13-5-14-32-68)60-100(88)114-102-62-76(58-98(112)104(102)108)72-50-54-94-86(56-72)82-44-26-28-46-92(82)110(94)79-39-21-9-22-40-79)107-87-51-47-73(67-29-11-4-12-30-67)59-99(87)113-101-61-75(57-97(103(101)107)111(95)80-41-23-10-24-42-80)71-49-53-93-85(55-71)81-43-25-27-45-91(81)109(93)78-37-19-8-20-38-78/h4-66H,1-3H3. The second-order valence-electron chi connectivity index (χ2n) is 31.8. The van der Waals surface area contributed by atoms with Crippen LogP contribution in [0.2, 0.25) is 0 Å². The van der Waals surface area contributed by atoms with Crippen LogP contribution < -0.4 is 52.1 Å². The number of benzene rings is 17. The van der Waals surface area contributed by atoms with Crippen molar-refractivity contribution in [3.05, 3.63) is 388 Å². The predicted octanol–water partition coefficient (Wildman–Crippen LogP) is 24.0. The van der Waals surface area contributed by atoms with Crippen molar-refractivity contribution in [2.45, 2.75) is 26.2 Å². The monoisotopic (exact) mass is 1450 g/mol. The van der Waals surface area contributed by atoms with Crippen molar-refractivity contribution in [2.75, 3.05) is 9.80 Å². The SMILES string of the molecule is CC(C)(C)c1cc(-c2ccccc2)c(N2c3cc4c(cc3B3c5ccc(-c6ccccc6)cc5Oc5cc(-c6ccc7c(c6)c6ccccc6n7-c6ccccc6)cc2c53)B2c3ccc(-c5ccccc5)cc3Oc3cc(-c5ccc6c(c5)c5ccccc5n6-c5ccccc5)cc(c32)N4c2ccccc2)c(-c2ccccc2)c1. The normalized spacial score (nSPS) is 12.9. The zero-order chi connectivity index (χ0) is 75.4. The van der Waals surface area contributed by atoms with Gasteiger partial charge in [-0.15, -0.1) is 0 Å². The maximum atomic E-state index is 7.81. The number of rotatable bonds is 10. The molecule has 0 saturated heterocycles. The third-order valence-corrected chi connectivity index (χ3v) is 24.3. The van der Waals surface area contributed by atoms with E-state index in [-0.39, 0.29) is 18.8 Å². The molecule has 0 saturated carbocycles. The summed E-state index contributed by atoms with van der Waals surface area (Å²) in [6.45, 7) is 6.44. The van der Waals surface area contributed by atoms with Crippen LogP contribution in [0.5, 0.6) is 23.0 Å². The summed E-state index contributed by atoms with van der Waals surface area (Å²) in [4.78, 5) is 5.23. The van der Waals surface area contributed by atoms with Crippen LogP contribution in [0.3, 0.4) is 0 Å². The number of hydrogen-bond donors (Lipinski definition) is 0. The van der Waals surface area contributed by atoms with Gasteiger partial charge < -0.3 is 28.4 Å². The molecule has 114 heavy (non-hydrogen) atoms. The lowest BCUT2D eigenvalue weighted by molar-refractivity contribution is 0.487. The van der Waals surface area contributed by atoms with Crippen molar-refractivity contribution < 1.29 is 9.47 Å². The second kappa shape index (κ2) is 25.6. The van der Waals surface area contributed by atoms with Gasteiger partial charge in [0.25, 0.3) is 13.4 Å². The number of ether oxygens (including phenoxy) is 2. The maximum absolute atomic E-state index is 7.81. The molecule has 6 nitrogen and oxygen atoms in total. The Balaban J connectivity index is 0.839. The first-order valence-electron chi connectivity index (χ1n) is 39.6. The highest BCUT2D eigenvalue weighted by molar-refractivity contribution is 7.02. The Morgan fingerprint density at radius 2 is 0.588 bits per heavy atom. The molecule has 534 valence electrons. The average molecular weight is 1460 g/mol. The number of hydrogen-bond acceptors (Lipinski definition) is 4. The van der Waals surface area contributed by atoms with E-state index in [9.17, 15) is 0 Å². The topological polar surface area (TPSA) is 34.8 Å². The van der Waals surface area contributed by atoms with Gasteiger partial charge >= 0.3 is 0 Å². The van der Waals surface area contributed by atoms with E-state index >= 15 is 0 Å². The summed E-state index contributed by atoms with van der Waals surface area (Å²) in [5.41, 5.74) is 34.2. The molecule has 0 spiro atoms. The summed E-state index contributed by atoms with van der Waals surface area (Å²) < 4.78 is 20.3. The summed E-state index contributed by atoms with van der Waals surface area (Å²) in [6.07, 6.45) is 0. The van der Waals surface area contributed by atoms with Gasteiger partial charge in [0, 0.05) is 72.5 Å². The van der Waals surface area contributed by atoms with Crippen LogP contribution in [0.1, 0.15) is 26.3 Å². The maximum Gasteiger partial charge on any atom is 0.256 e. The zero-order valence-corrected chi connectivity index (χ0v) is 63.1. The molecular weight excluding hydrogens is 1380 g/mol. The Bertz CT molecular complexity index is 7080. The van der Waals surface area contributed by atoms with Crippen LogP contribution in [0.25, 0.3) is 122 Å². The molecule has 0 radical (unpaired) electrons. The molecule has 19 aromatic rings. The number of para-hydroxylation sites is 5. The van der Waals surface area contributed by atoms with Gasteiger partial charge in [-0.25, -0.2) is 0 Å². The van der Waals surface area contributed by atoms with Crippen molar-refractivity contribution in [1.29, 1.82) is 0 Å². The van der Waals surface area contributed by atoms with Gasteiger partial charge in [-0.2, -0.15) is 0 Å². The smallest absolute Gasteiger partial charge is 0.256 e. The fourth-order valence-corrected chi connectivity index (χ4v) is 19.0. The van der Waals surface area contributed by atoms with E-state index in [0.29, 0.717) is 0 Å². The van der Waals surface area contributed by atoms with Crippen molar-refractivity contribution in [2.24, 2.45) is 0 Å². The molecule has 8 heteroatoms. The molecule has 6 heterocycles. The van der Waals surface area contributed by atoms with E-state index in [1.165, 1.54) is 38.0 Å². The van der Waals surface area contributed by atoms with Crippen LogP contribution in [0.4, 0.5) is 34.1 Å². The summed E-state index contributed by atoms with van der Waals surface area (Å²) in [5.74, 6) is 3.31. The van der Waals surface area contributed by atoms with E-state index in [4.69, 9.17) is 9.47 Å². The Morgan fingerprint density at radius 3 is 1.03 bits per heavy atom. The van der Waals surface area contributed by atoms with Gasteiger partial charge in [0.1, 0.15) is 23.0 Å². The molecule has 0 atom stereocenters. The van der Waals surface area contributed by atoms with E-state index in [0.717, 1.165) is 179 Å². The van der Waals surface area contributed by atoms with Gasteiger partial charge in [0.15, 0.2) is 0 Å². The molecule has 0 amide bonds. The first-order valence-corrected chi connectivity index (χ1v) is 39.6. The average Bonchev–Trinajstić information content (AvgIpc) is 0.891. The van der Waals surface area contributed by atoms with Crippen LogP contribution in [0, 0.1) is 0 Å². The predicted molar refractivity (Wildman–Crippen MR) is 478 cm³/mol. The van der Waals surface area contributed by atoms with E-state index < -0.39 is 0 Å². The minimum atomic E-state index is -0.314. The Kier molecular flexibility index (Phi) is 14.7. The lowest BCUT2D eigenvalue weighted by Gasteiger charge is -2.45. The number of nitrogens with zero attached hydrogens (tertiary/aromatic N) is 4. The Labute approximate surface area is 663 Å². The molecule has 4 aliphatic heterocycles. The molecule has 4 aliphatic rings. The largest absolute Gasteiger partial charge is 0.458 e. The molecule has 2 aromatic heterocycles. The van der Waals surface area contributed by atoms with Crippen LogP contribution in [0.15, 0.2) is 382 Å². The van der Waals surface area contributed by atoms with Gasteiger partial charge in [-0.3, -0.25) is 0 Å². The summed E-state index contributed by atoms with van der Waals surface area (Å²) >= 11 is 0. The van der Waals surface area contributed by atoms with Crippen molar-refractivity contribution >= 4 is 124 Å². The number of aromatic nitrogens is 2. The summed E-state index contributed by atoms with van der Waals surface area (Å²) in [7, 11) is 0. The van der Waals surface area contributed by atoms with E-state index in [2.05, 4.69) is 422 Å². The van der Waals surface area contributed by atoms with Crippen LogP contribution >= 0.6 is 0 Å². The minimum absolute atomic E-state index is 0.233. The molecule has 0 fully saturated rings. The number of fused-ring (bicyclic) bond motifs is 14. The zero-order valence-electron chi connectivity index (χ0n) is 63.1. The fourth-order valence-electron chi connectivity index (χ4n) is 19.0. The van der Waals surface area contributed by atoms with Crippen molar-refractivity contribution in [3.63, 3.8) is 0 Å². The highest BCUT2D eigenvalue weighted by Crippen LogP contribution is 2.54. The highest BCUT2D eigenvalue weighted by atomic mass is 16.5. The van der Waals surface area contributed by atoms with Crippen LogP contribution in [-0.2, 0) is 5.41 Å². The van der Waals surface area contributed by atoms with Gasteiger partial charge in [-0.05, 0) is 227 Å². The molecule has 0 unspecified atom stereocenters. The lowest BCUT2D eigenvalue weighted by atomic mass is 9.30. The quantitative estimate of drug-likeness (QED) is 0.128. The molecule has 0 aliphatic carbocycles. The Hall–Kier alpha value is -14.3.